The molecule has 0 fully saturated rings. The van der Waals surface area contributed by atoms with Gasteiger partial charge < -0.3 is 15.0 Å². The highest BCUT2D eigenvalue weighted by Crippen LogP contribution is 2.30. The molecule has 1 heterocycles. The van der Waals surface area contributed by atoms with E-state index in [-0.39, 0.29) is 17.0 Å². The molecular formula is C11H17ClN4O2. The molecule has 0 saturated heterocycles. The number of carbonyl (C=O) groups is 1. The number of hydrogen-bond acceptors (Lipinski definition) is 5. The summed E-state index contributed by atoms with van der Waals surface area (Å²) < 4.78 is 5.17. The van der Waals surface area contributed by atoms with E-state index in [0.29, 0.717) is 18.1 Å². The maximum atomic E-state index is 11.5. The van der Waals surface area contributed by atoms with Crippen LogP contribution in [-0.2, 0) is 4.79 Å². The Morgan fingerprint density at radius 1 is 1.61 bits per heavy atom. The van der Waals surface area contributed by atoms with Crippen LogP contribution < -0.4 is 15.0 Å². The zero-order valence-electron chi connectivity index (χ0n) is 10.9. The van der Waals surface area contributed by atoms with E-state index in [1.165, 1.54) is 13.4 Å². The normalized spacial score (nSPS) is 11.8. The van der Waals surface area contributed by atoms with Crippen LogP contribution in [0.4, 0.5) is 5.82 Å². The summed E-state index contributed by atoms with van der Waals surface area (Å²) in [6.07, 6.45) is 1.36. The first-order valence-electron chi connectivity index (χ1n) is 5.48. The lowest BCUT2D eigenvalue weighted by Gasteiger charge is -2.23. The molecule has 18 heavy (non-hydrogen) atoms. The number of aromatic nitrogens is 2. The van der Waals surface area contributed by atoms with E-state index in [1.807, 2.05) is 18.9 Å². The molecule has 0 bridgehead atoms. The predicted octanol–water partition coefficient (Wildman–Crippen LogP) is 0.957. The summed E-state index contributed by atoms with van der Waals surface area (Å²) in [7, 11) is 4.94. The number of nitrogens with one attached hydrogen (secondary N) is 1. The van der Waals surface area contributed by atoms with Crippen molar-refractivity contribution in [3.8, 4) is 5.75 Å². The van der Waals surface area contributed by atoms with E-state index in [9.17, 15) is 4.79 Å². The van der Waals surface area contributed by atoms with E-state index in [0.717, 1.165) is 0 Å². The summed E-state index contributed by atoms with van der Waals surface area (Å²) in [5.74, 6) is 0.776. The van der Waals surface area contributed by atoms with Crippen LogP contribution in [-0.4, -0.2) is 43.6 Å². The largest absolute Gasteiger partial charge is 0.490 e. The van der Waals surface area contributed by atoms with Gasteiger partial charge in [-0.25, -0.2) is 9.97 Å². The lowest BCUT2D eigenvalue weighted by Crippen LogP contribution is -2.34. The zero-order chi connectivity index (χ0) is 13.7. The van der Waals surface area contributed by atoms with Gasteiger partial charge in [-0.15, -0.1) is 0 Å². The van der Waals surface area contributed by atoms with Crippen molar-refractivity contribution in [2.24, 2.45) is 5.92 Å². The Morgan fingerprint density at radius 2 is 2.28 bits per heavy atom. The Kier molecular flexibility index (Phi) is 5.15. The van der Waals surface area contributed by atoms with Crippen molar-refractivity contribution in [1.82, 2.24) is 15.3 Å². The molecule has 0 spiro atoms. The van der Waals surface area contributed by atoms with Crippen molar-refractivity contribution in [2.75, 3.05) is 32.6 Å². The first-order chi connectivity index (χ1) is 8.51. The number of methoxy groups -OCH3 is 1. The molecular weight excluding hydrogens is 256 g/mol. The number of carbonyl (C=O) groups excluding carboxylic acids is 1. The fourth-order valence-electron chi connectivity index (χ4n) is 1.62. The van der Waals surface area contributed by atoms with Gasteiger partial charge in [-0.2, -0.15) is 0 Å². The van der Waals surface area contributed by atoms with Gasteiger partial charge in [-0.05, 0) is 0 Å². The van der Waals surface area contributed by atoms with E-state index in [2.05, 4.69) is 15.3 Å². The molecule has 100 valence electrons. The van der Waals surface area contributed by atoms with Crippen molar-refractivity contribution < 1.29 is 9.53 Å². The average Bonchev–Trinajstić information content (AvgIpc) is 2.37. The molecule has 0 aliphatic heterocycles. The summed E-state index contributed by atoms with van der Waals surface area (Å²) in [4.78, 5) is 21.3. The van der Waals surface area contributed by atoms with Crippen LogP contribution in [0.3, 0.4) is 0 Å². The first kappa shape index (κ1) is 14.5. The minimum absolute atomic E-state index is 0.0269. The third-order valence-corrected chi connectivity index (χ3v) is 2.82. The Morgan fingerprint density at radius 3 is 2.83 bits per heavy atom. The molecule has 1 rings (SSSR count). The van der Waals surface area contributed by atoms with E-state index in [4.69, 9.17) is 16.3 Å². The van der Waals surface area contributed by atoms with Crippen molar-refractivity contribution in [2.45, 2.75) is 6.92 Å². The molecule has 1 unspecified atom stereocenters. The van der Waals surface area contributed by atoms with Gasteiger partial charge in [-0.1, -0.05) is 18.5 Å². The van der Waals surface area contributed by atoms with Gasteiger partial charge in [0.15, 0.2) is 16.7 Å². The first-order valence-corrected chi connectivity index (χ1v) is 5.86. The lowest BCUT2D eigenvalue weighted by atomic mass is 10.1. The highest BCUT2D eigenvalue weighted by molar-refractivity contribution is 6.31. The minimum Gasteiger partial charge on any atom is -0.490 e. The van der Waals surface area contributed by atoms with Gasteiger partial charge in [0.2, 0.25) is 5.91 Å². The molecule has 1 aromatic heterocycles. The van der Waals surface area contributed by atoms with Crippen molar-refractivity contribution in [1.29, 1.82) is 0 Å². The van der Waals surface area contributed by atoms with E-state index >= 15 is 0 Å². The molecule has 0 aromatic carbocycles. The van der Waals surface area contributed by atoms with Gasteiger partial charge in [-0.3, -0.25) is 4.79 Å². The highest BCUT2D eigenvalue weighted by Gasteiger charge is 2.19. The SMILES string of the molecule is CNC(=O)C(C)CN(C)c1ncnc(Cl)c1OC. The maximum Gasteiger partial charge on any atom is 0.224 e. The van der Waals surface area contributed by atoms with Gasteiger partial charge in [0.25, 0.3) is 0 Å². The Hall–Kier alpha value is -1.56. The molecule has 1 aromatic rings. The molecule has 0 saturated carbocycles. The molecule has 6 nitrogen and oxygen atoms in total. The summed E-state index contributed by atoms with van der Waals surface area (Å²) in [6, 6.07) is 0. The van der Waals surface area contributed by atoms with Crippen LogP contribution >= 0.6 is 11.6 Å². The molecule has 7 heteroatoms. The summed E-state index contributed by atoms with van der Waals surface area (Å²) in [5.41, 5.74) is 0. The number of ether oxygens (including phenoxy) is 1. The van der Waals surface area contributed by atoms with Crippen LogP contribution in [0.5, 0.6) is 5.75 Å². The lowest BCUT2D eigenvalue weighted by molar-refractivity contribution is -0.123. The third-order valence-electron chi connectivity index (χ3n) is 2.55. The minimum atomic E-state index is -0.168. The van der Waals surface area contributed by atoms with Crippen LogP contribution in [0.1, 0.15) is 6.92 Å². The number of anilines is 1. The fourth-order valence-corrected chi connectivity index (χ4v) is 1.82. The number of amides is 1. The summed E-state index contributed by atoms with van der Waals surface area (Å²) >= 11 is 5.92. The van der Waals surface area contributed by atoms with Crippen molar-refractivity contribution >= 4 is 23.3 Å². The van der Waals surface area contributed by atoms with Crippen LogP contribution in [0.15, 0.2) is 6.33 Å². The number of halogens is 1. The van der Waals surface area contributed by atoms with Crippen molar-refractivity contribution in [3.05, 3.63) is 11.5 Å². The fraction of sp³-hybridized carbons (Fsp3) is 0.545. The standard InChI is InChI=1S/C11H17ClN4O2/c1-7(11(17)13-2)5-16(3)10-8(18-4)9(12)14-6-15-10/h6-7H,5H2,1-4H3,(H,13,17). The van der Waals surface area contributed by atoms with Crippen molar-refractivity contribution in [3.63, 3.8) is 0 Å². The number of hydrogen-bond donors (Lipinski definition) is 1. The van der Waals surface area contributed by atoms with E-state index < -0.39 is 0 Å². The van der Waals surface area contributed by atoms with E-state index in [1.54, 1.807) is 7.05 Å². The number of nitrogens with zero attached hydrogens (tertiary/aromatic N) is 3. The topological polar surface area (TPSA) is 67.4 Å². The maximum absolute atomic E-state index is 11.5. The van der Waals surface area contributed by atoms with Gasteiger partial charge in [0.1, 0.15) is 6.33 Å². The van der Waals surface area contributed by atoms with Gasteiger partial charge >= 0.3 is 0 Å². The van der Waals surface area contributed by atoms with Gasteiger partial charge in [0, 0.05) is 20.6 Å². The van der Waals surface area contributed by atoms with Crippen LogP contribution in [0.2, 0.25) is 5.15 Å². The Labute approximate surface area is 111 Å². The predicted molar refractivity (Wildman–Crippen MR) is 70.1 cm³/mol. The quantitative estimate of drug-likeness (QED) is 0.809. The second-order valence-electron chi connectivity index (χ2n) is 3.92. The molecule has 1 amide bonds. The Balaban J connectivity index is 2.87. The Bertz CT molecular complexity index is 428. The third kappa shape index (κ3) is 3.22. The molecule has 0 aliphatic rings. The smallest absolute Gasteiger partial charge is 0.224 e. The molecule has 0 radical (unpaired) electrons. The average molecular weight is 273 g/mol. The summed E-state index contributed by atoms with van der Waals surface area (Å²) in [6.45, 7) is 2.34. The highest BCUT2D eigenvalue weighted by atomic mass is 35.5. The summed E-state index contributed by atoms with van der Waals surface area (Å²) in [5, 5.41) is 2.86. The zero-order valence-corrected chi connectivity index (χ0v) is 11.7. The second-order valence-corrected chi connectivity index (χ2v) is 4.28. The molecule has 1 atom stereocenters. The second kappa shape index (κ2) is 6.39. The molecule has 1 N–H and O–H groups in total. The van der Waals surface area contributed by atoms with Crippen LogP contribution in [0.25, 0.3) is 0 Å². The van der Waals surface area contributed by atoms with Gasteiger partial charge in [0.05, 0.1) is 13.0 Å². The monoisotopic (exact) mass is 272 g/mol. The number of rotatable bonds is 5. The molecule has 0 aliphatic carbocycles. The van der Waals surface area contributed by atoms with Crippen LogP contribution in [0, 0.1) is 5.92 Å².